The third kappa shape index (κ3) is 71.1. The van der Waals surface area contributed by atoms with Crippen LogP contribution in [0.5, 0.6) is 0 Å². The minimum Gasteiger partial charge on any atom is -0.462 e. The molecule has 17 nitrogen and oxygen atoms in total. The van der Waals surface area contributed by atoms with E-state index in [4.69, 9.17) is 37.0 Å². The molecule has 0 aromatic carbocycles. The highest BCUT2D eigenvalue weighted by Gasteiger charge is 2.30. The fourth-order valence-corrected chi connectivity index (χ4v) is 13.7. The molecule has 0 saturated heterocycles. The molecule has 98 heavy (non-hydrogen) atoms. The Morgan fingerprint density at radius 2 is 0.520 bits per heavy atom. The molecule has 0 fully saturated rings. The Labute approximate surface area is 600 Å². The molecule has 3 N–H and O–H groups in total. The molecule has 0 aliphatic rings. The Morgan fingerprint density at radius 1 is 0.296 bits per heavy atom. The van der Waals surface area contributed by atoms with Crippen molar-refractivity contribution >= 4 is 39.5 Å². The topological polar surface area (TPSA) is 237 Å². The lowest BCUT2D eigenvalue weighted by molar-refractivity contribution is -0.161. The average Bonchev–Trinajstić information content (AvgIpc) is 1.28. The standard InChI is InChI=1S/C79H154O17P2/c1-7-10-12-14-16-18-19-20-21-22-28-34-39-45-51-57-63-78(83)95-74(67-89-76(81)61-55-49-43-17-15-13-11-8-2)69-93-97(85,86)91-65-73(80)66-92-98(87,88)94-70-75(68-90-77(82)62-56-50-44-38-33-30-25-26-31-36-41-47-53-59-71(4)5)96-79(84)64-58-52-46-40-35-29-24-23-27-32-37-42-48-54-60-72(6)9-3/h71-75,80H,7-70H2,1-6H3,(H,85,86)(H,87,88)/t72?,73-,74+,75+/m0/s1. The van der Waals surface area contributed by atoms with E-state index in [1.807, 2.05) is 0 Å². The molecule has 0 rings (SSSR count). The van der Waals surface area contributed by atoms with Gasteiger partial charge in [0.1, 0.15) is 19.3 Å². The van der Waals surface area contributed by atoms with Gasteiger partial charge in [0.25, 0.3) is 0 Å². The summed E-state index contributed by atoms with van der Waals surface area (Å²) in [5.74, 6) is -0.475. The van der Waals surface area contributed by atoms with Crippen LogP contribution >= 0.6 is 15.6 Å². The highest BCUT2D eigenvalue weighted by atomic mass is 31.2. The van der Waals surface area contributed by atoms with E-state index in [1.54, 1.807) is 0 Å². The van der Waals surface area contributed by atoms with Crippen molar-refractivity contribution in [1.29, 1.82) is 0 Å². The number of phosphoric ester groups is 2. The molecule has 0 heterocycles. The zero-order chi connectivity index (χ0) is 72.1. The molecule has 0 amide bonds. The summed E-state index contributed by atoms with van der Waals surface area (Å²) in [5, 5.41) is 10.6. The maximum absolute atomic E-state index is 13.1. The maximum atomic E-state index is 13.1. The number of carbonyl (C=O) groups excluding carboxylic acids is 4. The lowest BCUT2D eigenvalue weighted by Gasteiger charge is -2.21. The van der Waals surface area contributed by atoms with Crippen molar-refractivity contribution in [3.05, 3.63) is 0 Å². The third-order valence-electron chi connectivity index (χ3n) is 18.8. The molecule has 0 radical (unpaired) electrons. The first-order valence-electron chi connectivity index (χ1n) is 41.0. The quantitative estimate of drug-likeness (QED) is 0.0222. The van der Waals surface area contributed by atoms with Crippen LogP contribution in [0.25, 0.3) is 0 Å². The van der Waals surface area contributed by atoms with Crippen LogP contribution in [-0.2, 0) is 65.4 Å². The van der Waals surface area contributed by atoms with Crippen molar-refractivity contribution < 1.29 is 80.2 Å². The second-order valence-electron chi connectivity index (χ2n) is 29.2. The summed E-state index contributed by atoms with van der Waals surface area (Å²) in [6.07, 6.45) is 59.6. The Kier molecular flexibility index (Phi) is 69.3. The first-order chi connectivity index (χ1) is 47.4. The molecule has 0 spiro atoms. The van der Waals surface area contributed by atoms with E-state index >= 15 is 0 Å². The summed E-state index contributed by atoms with van der Waals surface area (Å²) < 4.78 is 68.6. The van der Waals surface area contributed by atoms with E-state index in [2.05, 4.69) is 41.5 Å². The van der Waals surface area contributed by atoms with Crippen molar-refractivity contribution in [2.45, 2.75) is 432 Å². The Hall–Kier alpha value is -1.94. The van der Waals surface area contributed by atoms with Crippen LogP contribution in [0.1, 0.15) is 414 Å². The summed E-state index contributed by atoms with van der Waals surface area (Å²) >= 11 is 0. The van der Waals surface area contributed by atoms with E-state index in [-0.39, 0.29) is 25.7 Å². The van der Waals surface area contributed by atoms with Crippen LogP contribution in [0, 0.1) is 11.8 Å². The summed E-state index contributed by atoms with van der Waals surface area (Å²) in [6, 6.07) is 0. The van der Waals surface area contributed by atoms with Crippen LogP contribution in [-0.4, -0.2) is 96.7 Å². The molecule has 0 saturated carbocycles. The smallest absolute Gasteiger partial charge is 0.462 e. The number of aliphatic hydroxyl groups excluding tert-OH is 1. The Balaban J connectivity index is 5.21. The molecule has 0 aliphatic heterocycles. The average molecular weight is 1440 g/mol. The van der Waals surface area contributed by atoms with Gasteiger partial charge in [-0.05, 0) is 37.5 Å². The minimum absolute atomic E-state index is 0.108. The van der Waals surface area contributed by atoms with Gasteiger partial charge in [0, 0.05) is 25.7 Å². The minimum atomic E-state index is -4.96. The molecular formula is C79H154O17P2. The molecule has 3 unspecified atom stereocenters. The van der Waals surface area contributed by atoms with Gasteiger partial charge in [-0.15, -0.1) is 0 Å². The maximum Gasteiger partial charge on any atom is 0.472 e. The number of ether oxygens (including phenoxy) is 4. The van der Waals surface area contributed by atoms with Gasteiger partial charge in [0.05, 0.1) is 26.4 Å². The highest BCUT2D eigenvalue weighted by molar-refractivity contribution is 7.47. The third-order valence-corrected chi connectivity index (χ3v) is 20.7. The number of phosphoric acid groups is 2. The molecule has 0 aliphatic carbocycles. The van der Waals surface area contributed by atoms with Crippen LogP contribution in [0.4, 0.5) is 0 Å². The first kappa shape index (κ1) is 96.1. The Bertz CT molecular complexity index is 1890. The van der Waals surface area contributed by atoms with Crippen molar-refractivity contribution in [2.75, 3.05) is 39.6 Å². The fourth-order valence-electron chi connectivity index (χ4n) is 12.2. The number of esters is 4. The summed E-state index contributed by atoms with van der Waals surface area (Å²) in [7, 11) is -9.91. The molecule has 582 valence electrons. The zero-order valence-corrected chi connectivity index (χ0v) is 65.9. The molecule has 0 bridgehead atoms. The Morgan fingerprint density at radius 3 is 0.776 bits per heavy atom. The van der Waals surface area contributed by atoms with Crippen molar-refractivity contribution in [3.8, 4) is 0 Å². The van der Waals surface area contributed by atoms with Crippen LogP contribution < -0.4 is 0 Å². The summed E-state index contributed by atoms with van der Waals surface area (Å²) in [4.78, 5) is 72.9. The fraction of sp³-hybridized carbons (Fsp3) is 0.949. The molecule has 0 aromatic rings. The monoisotopic (exact) mass is 1440 g/mol. The number of hydrogen-bond acceptors (Lipinski definition) is 15. The summed E-state index contributed by atoms with van der Waals surface area (Å²) in [5.41, 5.74) is 0. The van der Waals surface area contributed by atoms with E-state index in [0.717, 1.165) is 108 Å². The molecule has 19 heteroatoms. The highest BCUT2D eigenvalue weighted by Crippen LogP contribution is 2.45. The largest absolute Gasteiger partial charge is 0.472 e. The SMILES string of the molecule is CCCCCCCCCCCCCCCCCCC(=O)O[C@H](COC(=O)CCCCCCCCCC)COP(=O)(O)OC[C@H](O)COP(=O)(O)OC[C@@H](COC(=O)CCCCCCCCCCCCCCCC(C)C)OC(=O)CCCCCCCCCCCCCCCCC(C)CC. The molecule has 6 atom stereocenters. The first-order valence-corrected chi connectivity index (χ1v) is 44.0. The summed E-state index contributed by atoms with van der Waals surface area (Å²) in [6.45, 7) is 9.67. The van der Waals surface area contributed by atoms with Crippen LogP contribution in [0.3, 0.4) is 0 Å². The van der Waals surface area contributed by atoms with Gasteiger partial charge in [-0.1, -0.05) is 363 Å². The van der Waals surface area contributed by atoms with Gasteiger partial charge in [0.15, 0.2) is 12.2 Å². The predicted molar refractivity (Wildman–Crippen MR) is 400 cm³/mol. The molecule has 0 aromatic heterocycles. The van der Waals surface area contributed by atoms with E-state index in [0.29, 0.717) is 25.7 Å². The van der Waals surface area contributed by atoms with Crippen LogP contribution in [0.2, 0.25) is 0 Å². The van der Waals surface area contributed by atoms with Gasteiger partial charge in [0.2, 0.25) is 0 Å². The van der Waals surface area contributed by atoms with Crippen molar-refractivity contribution in [3.63, 3.8) is 0 Å². The normalized spacial score (nSPS) is 14.2. The number of hydrogen-bond donors (Lipinski definition) is 3. The van der Waals surface area contributed by atoms with E-state index in [9.17, 15) is 43.2 Å². The number of aliphatic hydroxyl groups is 1. The van der Waals surface area contributed by atoms with Crippen molar-refractivity contribution in [2.24, 2.45) is 11.8 Å². The van der Waals surface area contributed by atoms with E-state index in [1.165, 1.54) is 225 Å². The number of carbonyl (C=O) groups is 4. The molecular weight excluding hydrogens is 1280 g/mol. The number of rotatable bonds is 78. The van der Waals surface area contributed by atoms with Crippen LogP contribution in [0.15, 0.2) is 0 Å². The van der Waals surface area contributed by atoms with Gasteiger partial charge < -0.3 is 33.8 Å². The van der Waals surface area contributed by atoms with Gasteiger partial charge in [-0.3, -0.25) is 37.3 Å². The lowest BCUT2D eigenvalue weighted by Crippen LogP contribution is -2.30. The van der Waals surface area contributed by atoms with Gasteiger partial charge in [-0.2, -0.15) is 0 Å². The van der Waals surface area contributed by atoms with Gasteiger partial charge >= 0.3 is 39.5 Å². The van der Waals surface area contributed by atoms with Gasteiger partial charge in [-0.25, -0.2) is 9.13 Å². The second-order valence-corrected chi connectivity index (χ2v) is 32.1. The van der Waals surface area contributed by atoms with Crippen molar-refractivity contribution in [1.82, 2.24) is 0 Å². The lowest BCUT2D eigenvalue weighted by atomic mass is 9.99. The predicted octanol–water partition coefficient (Wildman–Crippen LogP) is 23.5. The zero-order valence-electron chi connectivity index (χ0n) is 64.1. The second kappa shape index (κ2) is 70.7. The number of unbranched alkanes of at least 4 members (excludes halogenated alkanes) is 47. The van der Waals surface area contributed by atoms with E-state index < -0.39 is 97.5 Å².